The number of nitrogens with zero attached hydrogens (tertiary/aromatic N) is 1. The lowest BCUT2D eigenvalue weighted by Crippen LogP contribution is -1.89. The molecule has 0 aliphatic heterocycles. The van der Waals surface area contributed by atoms with E-state index in [2.05, 4.69) is 53.4 Å². The number of nitrogens with one attached hydrogen (secondary N) is 2. The Morgan fingerprint density at radius 3 is 2.48 bits per heavy atom. The Kier molecular flexibility index (Phi) is 5.45. The van der Waals surface area contributed by atoms with Crippen LogP contribution in [0.1, 0.15) is 5.56 Å². The Morgan fingerprint density at radius 1 is 1.00 bits per heavy atom. The van der Waals surface area contributed by atoms with Crippen LogP contribution in [-0.2, 0) is 0 Å². The number of aromatic amines is 1. The number of anilines is 1. The fourth-order valence-electron chi connectivity index (χ4n) is 1.92. The molecule has 0 radical (unpaired) electrons. The summed E-state index contributed by atoms with van der Waals surface area (Å²) in [4.78, 5) is 3.23. The van der Waals surface area contributed by atoms with Crippen LogP contribution >= 0.6 is 44.3 Å². The molecule has 0 aliphatic carbocycles. The van der Waals surface area contributed by atoms with E-state index >= 15 is 0 Å². The van der Waals surface area contributed by atoms with Gasteiger partial charge in [0.2, 0.25) is 0 Å². The summed E-state index contributed by atoms with van der Waals surface area (Å²) in [6.45, 7) is 0. The SMILES string of the molecule is Brc1ccc(N/N=C/c2c[nH]c3ccc(Br)cc23)cc1.Cl. The van der Waals surface area contributed by atoms with Crippen molar-refractivity contribution in [3.05, 3.63) is 63.2 Å². The number of fused-ring (bicyclic) bond motifs is 1. The summed E-state index contributed by atoms with van der Waals surface area (Å²) in [5.74, 6) is 0. The minimum absolute atomic E-state index is 0. The summed E-state index contributed by atoms with van der Waals surface area (Å²) >= 11 is 6.89. The first-order chi connectivity index (χ1) is 9.72. The molecule has 0 fully saturated rings. The smallest absolute Gasteiger partial charge is 0.0566 e. The van der Waals surface area contributed by atoms with E-state index in [9.17, 15) is 0 Å². The fourth-order valence-corrected chi connectivity index (χ4v) is 2.55. The zero-order valence-corrected chi connectivity index (χ0v) is 14.8. The zero-order chi connectivity index (χ0) is 13.9. The van der Waals surface area contributed by atoms with Crippen molar-refractivity contribution in [1.29, 1.82) is 0 Å². The Hall–Kier alpha value is -1.30. The number of H-pyrrole nitrogens is 1. The Labute approximate surface area is 145 Å². The number of hydrazone groups is 1. The van der Waals surface area contributed by atoms with Crippen molar-refractivity contribution < 1.29 is 0 Å². The van der Waals surface area contributed by atoms with Crippen LogP contribution < -0.4 is 5.43 Å². The molecule has 0 bridgehead atoms. The van der Waals surface area contributed by atoms with Gasteiger partial charge in [0.05, 0.1) is 11.9 Å². The third-order valence-corrected chi connectivity index (χ3v) is 3.94. The molecule has 0 spiro atoms. The lowest BCUT2D eigenvalue weighted by atomic mass is 10.2. The predicted molar refractivity (Wildman–Crippen MR) is 98.6 cm³/mol. The first kappa shape index (κ1) is 16.1. The molecule has 21 heavy (non-hydrogen) atoms. The second kappa shape index (κ2) is 7.11. The standard InChI is InChI=1S/C15H11Br2N3.ClH/c16-11-1-4-13(5-2-11)20-19-9-10-8-18-15-6-3-12(17)7-14(10)15;/h1-9,18,20H;1H/b19-9+;. The minimum atomic E-state index is 0. The van der Waals surface area contributed by atoms with Gasteiger partial charge in [0.25, 0.3) is 0 Å². The van der Waals surface area contributed by atoms with E-state index < -0.39 is 0 Å². The number of hydrogen-bond donors (Lipinski definition) is 2. The molecule has 3 nitrogen and oxygen atoms in total. The zero-order valence-electron chi connectivity index (χ0n) is 10.8. The van der Waals surface area contributed by atoms with Crippen molar-refractivity contribution in [3.8, 4) is 0 Å². The van der Waals surface area contributed by atoms with Crippen molar-refractivity contribution in [1.82, 2.24) is 4.98 Å². The van der Waals surface area contributed by atoms with Crippen molar-refractivity contribution >= 4 is 67.1 Å². The largest absolute Gasteiger partial charge is 0.361 e. The molecule has 6 heteroatoms. The summed E-state index contributed by atoms with van der Waals surface area (Å²) in [7, 11) is 0. The van der Waals surface area contributed by atoms with Crippen molar-refractivity contribution in [2.24, 2.45) is 5.10 Å². The second-order valence-electron chi connectivity index (χ2n) is 4.31. The monoisotopic (exact) mass is 427 g/mol. The fraction of sp³-hybridized carbons (Fsp3) is 0. The third-order valence-electron chi connectivity index (χ3n) is 2.92. The van der Waals surface area contributed by atoms with Crippen molar-refractivity contribution in [2.75, 3.05) is 5.43 Å². The normalized spacial score (nSPS) is 10.8. The van der Waals surface area contributed by atoms with Gasteiger partial charge in [0, 0.05) is 31.6 Å². The molecule has 2 aromatic carbocycles. The Balaban J connectivity index is 0.00000161. The van der Waals surface area contributed by atoms with Gasteiger partial charge in [-0.25, -0.2) is 0 Å². The predicted octanol–water partition coefficient (Wildman–Crippen LogP) is 5.56. The van der Waals surface area contributed by atoms with Crippen LogP contribution in [0.2, 0.25) is 0 Å². The summed E-state index contributed by atoms with van der Waals surface area (Å²) in [5.41, 5.74) is 6.10. The van der Waals surface area contributed by atoms with Crippen LogP contribution in [0.3, 0.4) is 0 Å². The van der Waals surface area contributed by atoms with Crippen LogP contribution in [0.4, 0.5) is 5.69 Å². The highest BCUT2D eigenvalue weighted by molar-refractivity contribution is 9.10. The second-order valence-corrected chi connectivity index (χ2v) is 6.14. The molecule has 108 valence electrons. The van der Waals surface area contributed by atoms with E-state index in [0.29, 0.717) is 0 Å². The molecule has 2 N–H and O–H groups in total. The van der Waals surface area contributed by atoms with Crippen molar-refractivity contribution in [2.45, 2.75) is 0 Å². The molecule has 0 aliphatic rings. The highest BCUT2D eigenvalue weighted by Crippen LogP contribution is 2.21. The average Bonchev–Trinajstić information content (AvgIpc) is 2.84. The molecule has 3 rings (SSSR count). The first-order valence-electron chi connectivity index (χ1n) is 6.04. The van der Waals surface area contributed by atoms with Gasteiger partial charge in [-0.1, -0.05) is 31.9 Å². The molecule has 0 unspecified atom stereocenters. The molecule has 3 aromatic rings. The summed E-state index contributed by atoms with van der Waals surface area (Å²) in [6.07, 6.45) is 3.76. The van der Waals surface area contributed by atoms with Gasteiger partial charge in [0.15, 0.2) is 0 Å². The van der Waals surface area contributed by atoms with Crippen LogP contribution in [0.25, 0.3) is 10.9 Å². The third kappa shape index (κ3) is 3.87. The van der Waals surface area contributed by atoms with Gasteiger partial charge in [0.1, 0.15) is 0 Å². The van der Waals surface area contributed by atoms with E-state index in [4.69, 9.17) is 0 Å². The van der Waals surface area contributed by atoms with E-state index in [-0.39, 0.29) is 12.4 Å². The van der Waals surface area contributed by atoms with E-state index in [1.165, 1.54) is 0 Å². The maximum atomic E-state index is 4.27. The maximum Gasteiger partial charge on any atom is 0.0566 e. The highest BCUT2D eigenvalue weighted by Gasteiger charge is 2.01. The molecular formula is C15H12Br2ClN3. The first-order valence-corrected chi connectivity index (χ1v) is 7.62. The highest BCUT2D eigenvalue weighted by atomic mass is 79.9. The van der Waals surface area contributed by atoms with Gasteiger partial charge in [-0.2, -0.15) is 5.10 Å². The molecular weight excluding hydrogens is 417 g/mol. The van der Waals surface area contributed by atoms with Gasteiger partial charge >= 0.3 is 0 Å². The summed E-state index contributed by atoms with van der Waals surface area (Å²) in [5, 5.41) is 5.41. The number of rotatable bonds is 3. The van der Waals surface area contributed by atoms with E-state index in [0.717, 1.165) is 31.1 Å². The lowest BCUT2D eigenvalue weighted by molar-refractivity contribution is 1.35. The van der Waals surface area contributed by atoms with Gasteiger partial charge in [-0.3, -0.25) is 5.43 Å². The average molecular weight is 430 g/mol. The van der Waals surface area contributed by atoms with Gasteiger partial charge in [-0.15, -0.1) is 12.4 Å². The molecule has 0 amide bonds. The lowest BCUT2D eigenvalue weighted by Gasteiger charge is -1.99. The Bertz CT molecular complexity index is 766. The van der Waals surface area contributed by atoms with Gasteiger partial charge in [-0.05, 0) is 42.5 Å². The molecule has 0 saturated heterocycles. The van der Waals surface area contributed by atoms with Crippen LogP contribution in [0.5, 0.6) is 0 Å². The molecule has 0 saturated carbocycles. The maximum absolute atomic E-state index is 4.27. The van der Waals surface area contributed by atoms with Gasteiger partial charge < -0.3 is 4.98 Å². The molecule has 1 aromatic heterocycles. The van der Waals surface area contributed by atoms with E-state index in [1.54, 1.807) is 0 Å². The van der Waals surface area contributed by atoms with E-state index in [1.807, 2.05) is 48.8 Å². The topological polar surface area (TPSA) is 40.2 Å². The van der Waals surface area contributed by atoms with Crippen LogP contribution in [0, 0.1) is 0 Å². The number of benzene rings is 2. The quantitative estimate of drug-likeness (QED) is 0.415. The van der Waals surface area contributed by atoms with Crippen molar-refractivity contribution in [3.63, 3.8) is 0 Å². The minimum Gasteiger partial charge on any atom is -0.361 e. The Morgan fingerprint density at radius 2 is 1.71 bits per heavy atom. The number of hydrogen-bond acceptors (Lipinski definition) is 2. The van der Waals surface area contributed by atoms with Crippen LogP contribution in [0.15, 0.2) is 62.7 Å². The summed E-state index contributed by atoms with van der Waals surface area (Å²) < 4.78 is 2.11. The summed E-state index contributed by atoms with van der Waals surface area (Å²) in [6, 6.07) is 14.0. The molecule has 1 heterocycles. The number of halogens is 3. The number of aromatic nitrogens is 1. The van der Waals surface area contributed by atoms with Crippen LogP contribution in [-0.4, -0.2) is 11.2 Å². The molecule has 0 atom stereocenters.